The summed E-state index contributed by atoms with van der Waals surface area (Å²) < 4.78 is 47.5. The molecule has 0 saturated carbocycles. The minimum absolute atomic E-state index is 0.0982. The van der Waals surface area contributed by atoms with E-state index in [0.29, 0.717) is 35.0 Å². The van der Waals surface area contributed by atoms with Crippen LogP contribution in [0.3, 0.4) is 0 Å². The number of pyridine rings is 2. The largest absolute Gasteiger partial charge is 0.416 e. The van der Waals surface area contributed by atoms with E-state index < -0.39 is 23.4 Å². The Morgan fingerprint density at radius 2 is 1.76 bits per heavy atom. The number of carbonyl (C=O) groups excluding carboxylic acids is 1. The summed E-state index contributed by atoms with van der Waals surface area (Å²) in [6.45, 7) is 13.1. The molecule has 1 aromatic carbocycles. The Morgan fingerprint density at radius 1 is 1.14 bits per heavy atom. The molecule has 1 atom stereocenters. The molecule has 0 amide bonds. The Hall–Kier alpha value is -3.04. The molecule has 0 fully saturated rings. The number of aldehydes is 1. The lowest BCUT2D eigenvalue weighted by Crippen LogP contribution is -2.26. The number of alkyl halides is 3. The standard InChI is InChI=1S/C24H23F3N2O4.2C2H6/c1-5-13-15-8-29-19(6-14(20(31)9-30)16(10-33-4)23(29)32)22(15)28-18-7-17(24(25,26)27)11(2)12(3)21(13)18;2*1-2/h6-7,9,20,31H,5,8,10H2,1-4H3;2*1-2H3. The highest BCUT2D eigenvalue weighted by molar-refractivity contribution is 5.92. The Morgan fingerprint density at radius 3 is 2.27 bits per heavy atom. The number of hydrogen-bond donors (Lipinski definition) is 1. The van der Waals surface area contributed by atoms with Crippen molar-refractivity contribution in [3.63, 3.8) is 0 Å². The molecule has 0 spiro atoms. The number of benzene rings is 1. The van der Waals surface area contributed by atoms with Crippen LogP contribution in [0.5, 0.6) is 0 Å². The molecule has 0 aliphatic carbocycles. The molecule has 1 N–H and O–H groups in total. The van der Waals surface area contributed by atoms with Gasteiger partial charge in [0, 0.05) is 29.2 Å². The summed E-state index contributed by atoms with van der Waals surface area (Å²) in [6.07, 6.45) is -5.22. The quantitative estimate of drug-likeness (QED) is 0.324. The van der Waals surface area contributed by atoms with E-state index in [0.717, 1.165) is 17.2 Å². The molecule has 0 saturated heterocycles. The van der Waals surface area contributed by atoms with Crippen molar-refractivity contribution >= 4 is 17.2 Å². The maximum atomic E-state index is 13.7. The van der Waals surface area contributed by atoms with Crippen molar-refractivity contribution in [1.82, 2.24) is 9.55 Å². The summed E-state index contributed by atoms with van der Waals surface area (Å²) in [5.41, 5.74) is 2.26. The molecule has 0 radical (unpaired) electrons. The molecular weight excluding hydrogens is 485 g/mol. The SMILES string of the molecule is CC.CC.CCc1c2c(nc3cc(C(F)(F)F)c(C)c(C)c13)-c1cc(C(O)C=O)c(COC)c(=O)n1C2. The van der Waals surface area contributed by atoms with Gasteiger partial charge in [-0.25, -0.2) is 4.98 Å². The molecule has 1 unspecified atom stereocenters. The number of nitrogens with zero attached hydrogens (tertiary/aromatic N) is 2. The van der Waals surface area contributed by atoms with Crippen molar-refractivity contribution in [3.8, 4) is 11.4 Å². The van der Waals surface area contributed by atoms with Crippen LogP contribution < -0.4 is 5.56 Å². The minimum Gasteiger partial charge on any atom is -0.381 e. The second kappa shape index (κ2) is 12.0. The molecule has 37 heavy (non-hydrogen) atoms. The van der Waals surface area contributed by atoms with Gasteiger partial charge in [0.2, 0.25) is 0 Å². The number of halogens is 3. The van der Waals surface area contributed by atoms with Crippen LogP contribution in [0.15, 0.2) is 16.9 Å². The van der Waals surface area contributed by atoms with Crippen molar-refractivity contribution in [1.29, 1.82) is 0 Å². The van der Waals surface area contributed by atoms with E-state index in [9.17, 15) is 27.9 Å². The number of aliphatic hydroxyl groups is 1. The average Bonchev–Trinajstić information content (AvgIpc) is 3.26. The number of methoxy groups -OCH3 is 1. The van der Waals surface area contributed by atoms with E-state index in [-0.39, 0.29) is 35.4 Å². The number of aromatic nitrogens is 2. The zero-order valence-electron chi connectivity index (χ0n) is 22.6. The van der Waals surface area contributed by atoms with Gasteiger partial charge in [-0.15, -0.1) is 0 Å². The highest BCUT2D eigenvalue weighted by atomic mass is 19.4. The lowest BCUT2D eigenvalue weighted by Gasteiger charge is -2.18. The van der Waals surface area contributed by atoms with Crippen LogP contribution in [0.4, 0.5) is 13.2 Å². The van der Waals surface area contributed by atoms with Crippen molar-refractivity contribution in [3.05, 3.63) is 61.4 Å². The first kappa shape index (κ1) is 30.2. The molecule has 202 valence electrons. The van der Waals surface area contributed by atoms with Gasteiger partial charge in [-0.1, -0.05) is 34.6 Å². The Bertz CT molecular complexity index is 1360. The third-order valence-electron chi connectivity index (χ3n) is 6.45. The molecule has 1 aliphatic rings. The fourth-order valence-electron chi connectivity index (χ4n) is 4.76. The molecule has 2 aromatic heterocycles. The van der Waals surface area contributed by atoms with Crippen LogP contribution in [-0.2, 0) is 35.3 Å². The van der Waals surface area contributed by atoms with E-state index in [2.05, 4.69) is 4.98 Å². The van der Waals surface area contributed by atoms with E-state index in [1.807, 2.05) is 34.6 Å². The van der Waals surface area contributed by atoms with Gasteiger partial charge < -0.3 is 19.2 Å². The number of hydrogen-bond acceptors (Lipinski definition) is 5. The predicted molar refractivity (Wildman–Crippen MR) is 139 cm³/mol. The third-order valence-corrected chi connectivity index (χ3v) is 6.45. The monoisotopic (exact) mass is 520 g/mol. The van der Waals surface area contributed by atoms with Gasteiger partial charge >= 0.3 is 6.18 Å². The van der Waals surface area contributed by atoms with Crippen LogP contribution in [0, 0.1) is 13.8 Å². The summed E-state index contributed by atoms with van der Waals surface area (Å²) in [7, 11) is 1.40. The lowest BCUT2D eigenvalue weighted by atomic mass is 9.91. The van der Waals surface area contributed by atoms with Gasteiger partial charge in [0.1, 0.15) is 6.10 Å². The summed E-state index contributed by atoms with van der Waals surface area (Å²) in [4.78, 5) is 29.1. The van der Waals surface area contributed by atoms with E-state index in [4.69, 9.17) is 4.74 Å². The second-order valence-electron chi connectivity index (χ2n) is 8.21. The highest BCUT2D eigenvalue weighted by Gasteiger charge is 2.35. The van der Waals surface area contributed by atoms with E-state index >= 15 is 0 Å². The predicted octanol–water partition coefficient (Wildman–Crippen LogP) is 6.05. The first-order valence-corrected chi connectivity index (χ1v) is 12.5. The summed E-state index contributed by atoms with van der Waals surface area (Å²) >= 11 is 0. The minimum atomic E-state index is -4.53. The van der Waals surface area contributed by atoms with E-state index in [1.165, 1.54) is 24.7 Å². The topological polar surface area (TPSA) is 81.4 Å². The zero-order chi connectivity index (χ0) is 28.2. The van der Waals surface area contributed by atoms with Gasteiger partial charge in [-0.3, -0.25) is 4.79 Å². The first-order valence-electron chi connectivity index (χ1n) is 12.5. The number of rotatable bonds is 5. The van der Waals surface area contributed by atoms with Crippen molar-refractivity contribution in [2.45, 2.75) is 80.3 Å². The van der Waals surface area contributed by atoms with Crippen LogP contribution in [0.2, 0.25) is 0 Å². The molecule has 1 aliphatic heterocycles. The van der Waals surface area contributed by atoms with Crippen molar-refractivity contribution < 1.29 is 27.8 Å². The number of ether oxygens (including phenoxy) is 1. The molecule has 0 bridgehead atoms. The summed E-state index contributed by atoms with van der Waals surface area (Å²) in [5, 5.41) is 10.8. The third kappa shape index (κ3) is 5.20. The van der Waals surface area contributed by atoms with E-state index in [1.54, 1.807) is 6.92 Å². The summed E-state index contributed by atoms with van der Waals surface area (Å²) in [5.74, 6) is 0. The van der Waals surface area contributed by atoms with Gasteiger partial charge in [0.05, 0.1) is 35.6 Å². The number of aliphatic hydroxyl groups excluding tert-OH is 1. The Balaban J connectivity index is 0.00000115. The molecule has 6 nitrogen and oxygen atoms in total. The average molecular weight is 521 g/mol. The number of fused-ring (bicyclic) bond motifs is 4. The lowest BCUT2D eigenvalue weighted by molar-refractivity contribution is -0.138. The van der Waals surface area contributed by atoms with Crippen LogP contribution >= 0.6 is 0 Å². The van der Waals surface area contributed by atoms with Gasteiger partial charge in [-0.2, -0.15) is 13.2 Å². The maximum Gasteiger partial charge on any atom is 0.416 e. The number of carbonyl (C=O) groups is 1. The normalized spacial score (nSPS) is 12.6. The fraction of sp³-hybridized carbons (Fsp3) is 0.464. The molecule has 3 aromatic rings. The highest BCUT2D eigenvalue weighted by Crippen LogP contribution is 2.41. The first-order chi connectivity index (χ1) is 17.5. The molecule has 3 heterocycles. The maximum absolute atomic E-state index is 13.7. The van der Waals surface area contributed by atoms with Gasteiger partial charge in [0.25, 0.3) is 5.56 Å². The van der Waals surface area contributed by atoms with Crippen molar-refractivity contribution in [2.24, 2.45) is 0 Å². The Labute approximate surface area is 215 Å². The molecule has 9 heteroatoms. The number of aryl methyl sites for hydroxylation is 2. The Kier molecular flexibility index (Phi) is 9.79. The van der Waals surface area contributed by atoms with Crippen LogP contribution in [0.1, 0.15) is 79.7 Å². The van der Waals surface area contributed by atoms with Crippen LogP contribution in [-0.4, -0.2) is 28.1 Å². The zero-order valence-corrected chi connectivity index (χ0v) is 22.6. The van der Waals surface area contributed by atoms with Gasteiger partial charge in [0.15, 0.2) is 6.29 Å². The smallest absolute Gasteiger partial charge is 0.381 e. The van der Waals surface area contributed by atoms with Crippen LogP contribution in [0.25, 0.3) is 22.3 Å². The molecular formula is C28H35F3N2O4. The summed E-state index contributed by atoms with van der Waals surface area (Å²) in [6, 6.07) is 2.56. The van der Waals surface area contributed by atoms with Crippen molar-refractivity contribution in [2.75, 3.05) is 7.11 Å². The second-order valence-corrected chi connectivity index (χ2v) is 8.21. The molecule has 4 rings (SSSR count). The fourth-order valence-corrected chi connectivity index (χ4v) is 4.76. The van der Waals surface area contributed by atoms with Gasteiger partial charge in [-0.05, 0) is 49.1 Å².